The molecule has 0 aliphatic heterocycles. The molecule has 23 heavy (non-hydrogen) atoms. The monoisotopic (exact) mass is 329 g/mol. The van der Waals surface area contributed by atoms with Crippen LogP contribution in [0.4, 0.5) is 25.1 Å². The second-order valence-electron chi connectivity index (χ2n) is 4.66. The first-order valence-electron chi connectivity index (χ1n) is 6.65. The third kappa shape index (κ3) is 6.37. The fourth-order valence-electron chi connectivity index (χ4n) is 1.52. The average molecular weight is 329 g/mol. The van der Waals surface area contributed by atoms with Crippen molar-refractivity contribution in [2.75, 3.05) is 18.2 Å². The summed E-state index contributed by atoms with van der Waals surface area (Å²) in [4.78, 5) is 11.4. The zero-order valence-corrected chi connectivity index (χ0v) is 12.9. The fourth-order valence-corrected chi connectivity index (χ4v) is 1.52. The van der Waals surface area contributed by atoms with Gasteiger partial charge >= 0.3 is 6.18 Å². The van der Waals surface area contributed by atoms with Crippen molar-refractivity contribution in [3.05, 3.63) is 36.2 Å². The minimum atomic E-state index is -4.34. The van der Waals surface area contributed by atoms with Gasteiger partial charge < -0.3 is 15.8 Å². The van der Waals surface area contributed by atoms with Crippen LogP contribution in [-0.2, 0) is 6.18 Å². The Morgan fingerprint density at radius 1 is 1.17 bits per heavy atom. The van der Waals surface area contributed by atoms with Gasteiger partial charge in [0, 0.05) is 6.04 Å². The lowest BCUT2D eigenvalue weighted by Crippen LogP contribution is -2.13. The van der Waals surface area contributed by atoms with Crippen molar-refractivity contribution >= 4 is 11.9 Å². The fraction of sp³-hybridized carbons (Fsp3) is 0.357. The predicted molar refractivity (Wildman–Crippen MR) is 81.0 cm³/mol. The molecule has 3 N–H and O–H groups in total. The Labute approximate surface area is 131 Å². The highest BCUT2D eigenvalue weighted by Crippen LogP contribution is 2.35. The smallest absolute Gasteiger partial charge is 0.419 e. The normalized spacial score (nSPS) is 10.7. The van der Waals surface area contributed by atoms with Crippen LogP contribution in [0.15, 0.2) is 30.6 Å². The second-order valence-corrected chi connectivity index (χ2v) is 4.66. The van der Waals surface area contributed by atoms with Gasteiger partial charge in [-0.05, 0) is 26.0 Å². The molecule has 0 atom stereocenters. The highest BCUT2D eigenvalue weighted by atomic mass is 19.4. The average Bonchev–Trinajstić information content (AvgIpc) is 2.46. The number of aromatic nitrogens is 3. The van der Waals surface area contributed by atoms with Crippen LogP contribution in [0.5, 0.6) is 5.75 Å². The van der Waals surface area contributed by atoms with Crippen molar-refractivity contribution < 1.29 is 17.9 Å². The SMILES string of the molecule is CC(C)Nc1ncnc(N)n1.COc1ccccc1C(F)(F)F. The summed E-state index contributed by atoms with van der Waals surface area (Å²) in [6, 6.07) is 5.39. The van der Waals surface area contributed by atoms with Crippen LogP contribution in [0.25, 0.3) is 0 Å². The van der Waals surface area contributed by atoms with Crippen LogP contribution in [0, 0.1) is 0 Å². The first kappa shape index (κ1) is 18.5. The van der Waals surface area contributed by atoms with Gasteiger partial charge in [-0.3, -0.25) is 0 Å². The van der Waals surface area contributed by atoms with Gasteiger partial charge in [0.05, 0.1) is 12.7 Å². The van der Waals surface area contributed by atoms with E-state index in [-0.39, 0.29) is 11.7 Å². The summed E-state index contributed by atoms with van der Waals surface area (Å²) in [5.74, 6) is 0.612. The summed E-state index contributed by atoms with van der Waals surface area (Å²) in [7, 11) is 1.21. The van der Waals surface area contributed by atoms with E-state index in [4.69, 9.17) is 5.73 Å². The maximum Gasteiger partial charge on any atom is 0.419 e. The Balaban J connectivity index is 0.000000231. The first-order chi connectivity index (χ1) is 10.7. The van der Waals surface area contributed by atoms with E-state index in [1.807, 2.05) is 13.8 Å². The Hall–Kier alpha value is -2.58. The Kier molecular flexibility index (Phi) is 6.55. The molecule has 2 rings (SSSR count). The number of halogens is 3. The van der Waals surface area contributed by atoms with E-state index in [9.17, 15) is 13.2 Å². The number of alkyl halides is 3. The van der Waals surface area contributed by atoms with E-state index >= 15 is 0 Å². The van der Waals surface area contributed by atoms with Crippen LogP contribution in [0.1, 0.15) is 19.4 Å². The van der Waals surface area contributed by atoms with Gasteiger partial charge in [0.15, 0.2) is 0 Å². The molecule has 126 valence electrons. The van der Waals surface area contributed by atoms with E-state index < -0.39 is 11.7 Å². The van der Waals surface area contributed by atoms with Crippen LogP contribution in [0.3, 0.4) is 0 Å². The molecule has 0 saturated heterocycles. The summed E-state index contributed by atoms with van der Waals surface area (Å²) in [5.41, 5.74) is 4.59. The number of anilines is 2. The number of para-hydroxylation sites is 1. The highest BCUT2D eigenvalue weighted by molar-refractivity contribution is 5.35. The molecule has 0 bridgehead atoms. The largest absolute Gasteiger partial charge is 0.496 e. The molecule has 0 aliphatic rings. The molecule has 0 spiro atoms. The molecule has 0 aliphatic carbocycles. The number of methoxy groups -OCH3 is 1. The Bertz CT molecular complexity index is 619. The zero-order chi connectivity index (χ0) is 17.5. The van der Waals surface area contributed by atoms with Gasteiger partial charge in [-0.1, -0.05) is 12.1 Å². The molecule has 0 fully saturated rings. The number of hydrogen-bond donors (Lipinski definition) is 2. The zero-order valence-electron chi connectivity index (χ0n) is 12.9. The number of ether oxygens (including phenoxy) is 1. The quantitative estimate of drug-likeness (QED) is 0.900. The Morgan fingerprint density at radius 3 is 2.30 bits per heavy atom. The standard InChI is InChI=1S/C8H7F3O.C6H11N5/c1-12-7-5-3-2-4-6(7)8(9,10)11;1-4(2)10-6-9-3-8-5(7)11-6/h2-5H,1H3;3-4H,1-2H3,(H3,7,8,9,10,11). The van der Waals surface area contributed by atoms with Gasteiger partial charge in [-0.15, -0.1) is 0 Å². The number of hydrogen-bond acceptors (Lipinski definition) is 6. The van der Waals surface area contributed by atoms with Gasteiger partial charge in [0.1, 0.15) is 12.1 Å². The van der Waals surface area contributed by atoms with Crippen molar-refractivity contribution in [2.24, 2.45) is 0 Å². The van der Waals surface area contributed by atoms with Crippen LogP contribution >= 0.6 is 0 Å². The minimum absolute atomic E-state index is 0.148. The van der Waals surface area contributed by atoms with E-state index in [1.165, 1.54) is 31.6 Å². The molecule has 9 heteroatoms. The van der Waals surface area contributed by atoms with Crippen LogP contribution < -0.4 is 15.8 Å². The summed E-state index contributed by atoms with van der Waals surface area (Å²) in [6.07, 6.45) is -2.96. The summed E-state index contributed by atoms with van der Waals surface area (Å²) >= 11 is 0. The van der Waals surface area contributed by atoms with E-state index in [1.54, 1.807) is 0 Å². The van der Waals surface area contributed by atoms with E-state index in [0.717, 1.165) is 6.07 Å². The lowest BCUT2D eigenvalue weighted by Gasteiger charge is -2.10. The van der Waals surface area contributed by atoms with Gasteiger partial charge in [-0.2, -0.15) is 18.2 Å². The Morgan fingerprint density at radius 2 is 1.83 bits per heavy atom. The molecule has 1 aromatic heterocycles. The number of nitrogen functional groups attached to an aromatic ring is 1. The van der Waals surface area contributed by atoms with Crippen molar-refractivity contribution in [1.29, 1.82) is 0 Å². The molecular formula is C14H18F3N5O. The topological polar surface area (TPSA) is 86.0 Å². The van der Waals surface area contributed by atoms with Crippen molar-refractivity contribution in [1.82, 2.24) is 15.0 Å². The highest BCUT2D eigenvalue weighted by Gasteiger charge is 2.33. The summed E-state index contributed by atoms with van der Waals surface area (Å²) in [5, 5.41) is 3.00. The minimum Gasteiger partial charge on any atom is -0.496 e. The van der Waals surface area contributed by atoms with Gasteiger partial charge in [-0.25, -0.2) is 9.97 Å². The number of nitrogens with one attached hydrogen (secondary N) is 1. The number of nitrogens with zero attached hydrogens (tertiary/aromatic N) is 3. The second kappa shape index (κ2) is 8.16. The molecule has 0 amide bonds. The third-order valence-corrected chi connectivity index (χ3v) is 2.42. The summed E-state index contributed by atoms with van der Waals surface area (Å²) in [6.45, 7) is 4.00. The van der Waals surface area contributed by atoms with Crippen LogP contribution in [0.2, 0.25) is 0 Å². The molecule has 2 aromatic rings. The number of benzene rings is 1. The third-order valence-electron chi connectivity index (χ3n) is 2.42. The van der Waals surface area contributed by atoms with E-state index in [2.05, 4.69) is 25.0 Å². The molecule has 6 nitrogen and oxygen atoms in total. The lowest BCUT2D eigenvalue weighted by atomic mass is 10.2. The molecule has 1 aromatic carbocycles. The number of nitrogens with two attached hydrogens (primary N) is 1. The maximum atomic E-state index is 12.2. The molecular weight excluding hydrogens is 311 g/mol. The maximum absolute atomic E-state index is 12.2. The lowest BCUT2D eigenvalue weighted by molar-refractivity contribution is -0.138. The molecule has 0 saturated carbocycles. The van der Waals surface area contributed by atoms with Crippen LogP contribution in [-0.4, -0.2) is 28.1 Å². The van der Waals surface area contributed by atoms with E-state index in [0.29, 0.717) is 12.0 Å². The molecule has 0 radical (unpaired) electrons. The van der Waals surface area contributed by atoms with Crippen molar-refractivity contribution in [3.8, 4) is 5.75 Å². The first-order valence-corrected chi connectivity index (χ1v) is 6.65. The van der Waals surface area contributed by atoms with Crippen molar-refractivity contribution in [2.45, 2.75) is 26.1 Å². The molecule has 0 unspecified atom stereocenters. The number of rotatable bonds is 3. The van der Waals surface area contributed by atoms with Gasteiger partial charge in [0.2, 0.25) is 11.9 Å². The van der Waals surface area contributed by atoms with Crippen molar-refractivity contribution in [3.63, 3.8) is 0 Å². The van der Waals surface area contributed by atoms with Gasteiger partial charge in [0.25, 0.3) is 0 Å². The predicted octanol–water partition coefficient (Wildman–Crippen LogP) is 2.99. The molecule has 1 heterocycles. The summed E-state index contributed by atoms with van der Waals surface area (Å²) < 4.78 is 41.0.